The molecule has 0 N–H and O–H groups in total. The molecule has 2 heterocycles. The third kappa shape index (κ3) is 3.26. The third-order valence-electron chi connectivity index (χ3n) is 3.86. The van der Waals surface area contributed by atoms with Crippen LogP contribution in [0.25, 0.3) is 0 Å². The minimum atomic E-state index is -3.51. The van der Waals surface area contributed by atoms with Gasteiger partial charge in [0.2, 0.25) is 10.0 Å². The van der Waals surface area contributed by atoms with E-state index in [2.05, 4.69) is 5.10 Å². The topological polar surface area (TPSA) is 64.4 Å². The molecule has 0 radical (unpaired) electrons. The van der Waals surface area contributed by atoms with E-state index < -0.39 is 10.0 Å². The second-order valence-corrected chi connectivity index (χ2v) is 7.53. The van der Waals surface area contributed by atoms with E-state index in [9.17, 15) is 8.42 Å². The predicted octanol–water partition coefficient (Wildman–Crippen LogP) is 1.54. The minimum absolute atomic E-state index is 0.0216. The van der Waals surface area contributed by atoms with Gasteiger partial charge in [-0.05, 0) is 26.7 Å². The normalized spacial score (nSPS) is 20.3. The van der Waals surface area contributed by atoms with Crippen LogP contribution >= 0.6 is 11.6 Å². The van der Waals surface area contributed by atoms with Crippen molar-refractivity contribution in [2.75, 3.05) is 26.1 Å². The summed E-state index contributed by atoms with van der Waals surface area (Å²) in [6.07, 6.45) is 1.47. The SMILES string of the molecule is COC1CCN(S(=O)(=O)c2c(C)nn(CCCCl)c2C)C1. The predicted molar refractivity (Wildman–Crippen MR) is 81.2 cm³/mol. The van der Waals surface area contributed by atoms with Gasteiger partial charge < -0.3 is 4.74 Å². The number of nitrogens with zero attached hydrogens (tertiary/aromatic N) is 3. The summed E-state index contributed by atoms with van der Waals surface area (Å²) in [7, 11) is -1.90. The van der Waals surface area contributed by atoms with E-state index in [1.165, 1.54) is 4.31 Å². The summed E-state index contributed by atoms with van der Waals surface area (Å²) in [6, 6.07) is 0. The smallest absolute Gasteiger partial charge is 0.246 e. The van der Waals surface area contributed by atoms with E-state index in [1.807, 2.05) is 0 Å². The lowest BCUT2D eigenvalue weighted by molar-refractivity contribution is 0.115. The van der Waals surface area contributed by atoms with Gasteiger partial charge in [0.05, 0.1) is 17.5 Å². The van der Waals surface area contributed by atoms with Crippen molar-refractivity contribution < 1.29 is 13.2 Å². The molecule has 120 valence electrons. The number of ether oxygens (including phenoxy) is 1. The molecular formula is C13H22ClN3O3S. The number of alkyl halides is 1. The van der Waals surface area contributed by atoms with E-state index in [0.29, 0.717) is 41.8 Å². The van der Waals surface area contributed by atoms with Crippen LogP contribution in [0.2, 0.25) is 0 Å². The van der Waals surface area contributed by atoms with Crippen LogP contribution in [0.3, 0.4) is 0 Å². The Kier molecular flexibility index (Phi) is 5.29. The van der Waals surface area contributed by atoms with Crippen LogP contribution in [-0.4, -0.2) is 54.7 Å². The zero-order valence-corrected chi connectivity index (χ0v) is 14.2. The molecule has 0 aliphatic carbocycles. The second-order valence-electron chi connectivity index (χ2n) is 5.28. The number of aromatic nitrogens is 2. The Morgan fingerprint density at radius 2 is 2.14 bits per heavy atom. The van der Waals surface area contributed by atoms with Crippen molar-refractivity contribution in [1.82, 2.24) is 14.1 Å². The molecule has 1 aromatic heterocycles. The van der Waals surface area contributed by atoms with Gasteiger partial charge in [-0.1, -0.05) is 0 Å². The fourth-order valence-electron chi connectivity index (χ4n) is 2.72. The molecule has 0 aromatic carbocycles. The average molecular weight is 336 g/mol. The van der Waals surface area contributed by atoms with Crippen molar-refractivity contribution in [2.24, 2.45) is 0 Å². The number of rotatable bonds is 6. The average Bonchev–Trinajstić information content (AvgIpc) is 3.02. The van der Waals surface area contributed by atoms with Gasteiger partial charge in [0.25, 0.3) is 0 Å². The molecule has 1 aliphatic rings. The van der Waals surface area contributed by atoms with Crippen LogP contribution in [-0.2, 0) is 21.3 Å². The molecule has 1 fully saturated rings. The van der Waals surface area contributed by atoms with Gasteiger partial charge in [0.1, 0.15) is 4.90 Å². The van der Waals surface area contributed by atoms with Crippen molar-refractivity contribution in [2.45, 2.75) is 44.2 Å². The molecular weight excluding hydrogens is 314 g/mol. The molecule has 0 saturated carbocycles. The maximum atomic E-state index is 12.8. The lowest BCUT2D eigenvalue weighted by Gasteiger charge is -2.16. The number of sulfonamides is 1. The second kappa shape index (κ2) is 6.64. The van der Waals surface area contributed by atoms with Crippen LogP contribution in [0.4, 0.5) is 0 Å². The fourth-order valence-corrected chi connectivity index (χ4v) is 4.70. The molecule has 1 aromatic rings. The maximum absolute atomic E-state index is 12.8. The first-order valence-electron chi connectivity index (χ1n) is 7.04. The van der Waals surface area contributed by atoms with Crippen LogP contribution in [0.5, 0.6) is 0 Å². The highest BCUT2D eigenvalue weighted by Crippen LogP contribution is 2.27. The van der Waals surface area contributed by atoms with Crippen LogP contribution < -0.4 is 0 Å². The van der Waals surface area contributed by atoms with Gasteiger partial charge >= 0.3 is 0 Å². The summed E-state index contributed by atoms with van der Waals surface area (Å²) >= 11 is 5.69. The van der Waals surface area contributed by atoms with Crippen molar-refractivity contribution >= 4 is 21.6 Å². The van der Waals surface area contributed by atoms with Gasteiger partial charge in [-0.15, -0.1) is 11.6 Å². The minimum Gasteiger partial charge on any atom is -0.380 e. The van der Waals surface area contributed by atoms with E-state index >= 15 is 0 Å². The lowest BCUT2D eigenvalue weighted by atomic mass is 10.3. The Hall–Kier alpha value is -0.630. The maximum Gasteiger partial charge on any atom is 0.246 e. The molecule has 1 unspecified atom stereocenters. The zero-order chi connectivity index (χ0) is 15.6. The standard InChI is InChI=1S/C13H22ClN3O3S/c1-10-13(11(2)17(15-10)7-4-6-14)21(18,19)16-8-5-12(9-16)20-3/h12H,4-9H2,1-3H3. The number of halogens is 1. The highest BCUT2D eigenvalue weighted by Gasteiger charge is 2.36. The first-order chi connectivity index (χ1) is 9.91. The Morgan fingerprint density at radius 3 is 2.71 bits per heavy atom. The molecule has 0 spiro atoms. The highest BCUT2D eigenvalue weighted by molar-refractivity contribution is 7.89. The monoisotopic (exact) mass is 335 g/mol. The molecule has 0 bridgehead atoms. The summed E-state index contributed by atoms with van der Waals surface area (Å²) in [5, 5.41) is 4.35. The van der Waals surface area contributed by atoms with Gasteiger partial charge in [0.15, 0.2) is 0 Å². The summed E-state index contributed by atoms with van der Waals surface area (Å²) in [5.74, 6) is 0.530. The highest BCUT2D eigenvalue weighted by atomic mass is 35.5. The lowest BCUT2D eigenvalue weighted by Crippen LogP contribution is -2.30. The molecule has 0 amide bonds. The number of methoxy groups -OCH3 is 1. The molecule has 6 nitrogen and oxygen atoms in total. The molecule has 21 heavy (non-hydrogen) atoms. The van der Waals surface area contributed by atoms with Crippen molar-refractivity contribution in [3.8, 4) is 0 Å². The summed E-state index contributed by atoms with van der Waals surface area (Å²) in [5.41, 5.74) is 1.22. The van der Waals surface area contributed by atoms with Crippen molar-refractivity contribution in [3.63, 3.8) is 0 Å². The zero-order valence-electron chi connectivity index (χ0n) is 12.7. The first-order valence-corrected chi connectivity index (χ1v) is 9.02. The largest absolute Gasteiger partial charge is 0.380 e. The van der Waals surface area contributed by atoms with Crippen LogP contribution in [0.15, 0.2) is 4.90 Å². The Balaban J connectivity index is 2.30. The van der Waals surface area contributed by atoms with Gasteiger partial charge in [-0.2, -0.15) is 9.40 Å². The van der Waals surface area contributed by atoms with Crippen molar-refractivity contribution in [1.29, 1.82) is 0 Å². The van der Waals surface area contributed by atoms with Crippen molar-refractivity contribution in [3.05, 3.63) is 11.4 Å². The van der Waals surface area contributed by atoms with Crippen LogP contribution in [0.1, 0.15) is 24.2 Å². The van der Waals surface area contributed by atoms with Gasteiger partial charge in [0, 0.05) is 32.6 Å². The Morgan fingerprint density at radius 1 is 1.43 bits per heavy atom. The molecule has 1 atom stereocenters. The fraction of sp³-hybridized carbons (Fsp3) is 0.769. The van der Waals surface area contributed by atoms with E-state index in [1.54, 1.807) is 25.6 Å². The summed E-state index contributed by atoms with van der Waals surface area (Å²) in [6.45, 7) is 5.06. The Bertz CT molecular complexity index is 600. The quantitative estimate of drug-likeness (QED) is 0.740. The van der Waals surface area contributed by atoms with Gasteiger partial charge in [-0.25, -0.2) is 8.42 Å². The number of hydrogen-bond donors (Lipinski definition) is 0. The van der Waals surface area contributed by atoms with E-state index in [4.69, 9.17) is 16.3 Å². The summed E-state index contributed by atoms with van der Waals surface area (Å²) in [4.78, 5) is 0.328. The third-order valence-corrected chi connectivity index (χ3v) is 6.24. The summed E-state index contributed by atoms with van der Waals surface area (Å²) < 4.78 is 34.1. The van der Waals surface area contributed by atoms with Gasteiger partial charge in [-0.3, -0.25) is 4.68 Å². The van der Waals surface area contributed by atoms with E-state index in [-0.39, 0.29) is 6.10 Å². The molecule has 1 saturated heterocycles. The van der Waals surface area contributed by atoms with E-state index in [0.717, 1.165) is 12.8 Å². The Labute approximate surface area is 131 Å². The van der Waals surface area contributed by atoms with Crippen LogP contribution in [0, 0.1) is 13.8 Å². The first kappa shape index (κ1) is 16.7. The molecule has 1 aliphatic heterocycles. The molecule has 8 heteroatoms. The molecule has 2 rings (SSSR count). The number of aryl methyl sites for hydroxylation is 2. The number of hydrogen-bond acceptors (Lipinski definition) is 4.